The first-order valence-corrected chi connectivity index (χ1v) is 7.18. The van der Waals surface area contributed by atoms with Crippen LogP contribution in [0.15, 0.2) is 47.1 Å². The van der Waals surface area contributed by atoms with Gasteiger partial charge in [0.2, 0.25) is 0 Å². The van der Waals surface area contributed by atoms with Crippen molar-refractivity contribution < 1.29 is 4.42 Å². The summed E-state index contributed by atoms with van der Waals surface area (Å²) in [5.74, 6) is 1.04. The molecule has 1 aromatic carbocycles. The molecule has 2 aromatic rings. The van der Waals surface area contributed by atoms with Crippen LogP contribution in [0.25, 0.3) is 0 Å². The Morgan fingerprint density at radius 3 is 2.47 bits per heavy atom. The third-order valence-electron chi connectivity index (χ3n) is 3.42. The van der Waals surface area contributed by atoms with Gasteiger partial charge in [0, 0.05) is 12.5 Å². The van der Waals surface area contributed by atoms with Gasteiger partial charge in [0.15, 0.2) is 0 Å². The van der Waals surface area contributed by atoms with Crippen molar-refractivity contribution in [3.05, 3.63) is 59.5 Å². The van der Waals surface area contributed by atoms with Crippen LogP contribution in [0.2, 0.25) is 0 Å². The summed E-state index contributed by atoms with van der Waals surface area (Å²) in [5.41, 5.74) is 2.72. The molecule has 102 valence electrons. The minimum absolute atomic E-state index is 0.331. The van der Waals surface area contributed by atoms with E-state index in [1.807, 2.05) is 12.1 Å². The standard InChI is InChI=1S/C17H23NO/c1-3-11-18-17(13-16-6-5-12-19-16)15-9-7-14(4-2)8-10-15/h5-10,12,17-18H,3-4,11,13H2,1-2H3. The molecule has 0 saturated heterocycles. The minimum Gasteiger partial charge on any atom is -0.469 e. The summed E-state index contributed by atoms with van der Waals surface area (Å²) in [7, 11) is 0. The number of nitrogens with one attached hydrogen (secondary N) is 1. The first-order valence-electron chi connectivity index (χ1n) is 7.18. The minimum atomic E-state index is 0.331. The molecule has 0 aliphatic rings. The Morgan fingerprint density at radius 2 is 1.89 bits per heavy atom. The Bertz CT molecular complexity index is 459. The fourth-order valence-corrected chi connectivity index (χ4v) is 2.24. The van der Waals surface area contributed by atoms with E-state index in [1.54, 1.807) is 6.26 Å². The molecule has 2 rings (SSSR count). The fourth-order valence-electron chi connectivity index (χ4n) is 2.24. The lowest BCUT2D eigenvalue weighted by atomic mass is 10.00. The fraction of sp³-hybridized carbons (Fsp3) is 0.412. The van der Waals surface area contributed by atoms with Crippen molar-refractivity contribution >= 4 is 0 Å². The highest BCUT2D eigenvalue weighted by Crippen LogP contribution is 2.19. The molecule has 1 heterocycles. The van der Waals surface area contributed by atoms with Gasteiger partial charge in [-0.25, -0.2) is 0 Å². The van der Waals surface area contributed by atoms with Crippen LogP contribution >= 0.6 is 0 Å². The highest BCUT2D eigenvalue weighted by atomic mass is 16.3. The second-order valence-electron chi connectivity index (χ2n) is 4.89. The summed E-state index contributed by atoms with van der Waals surface area (Å²) in [6.07, 6.45) is 4.87. The zero-order valence-corrected chi connectivity index (χ0v) is 11.9. The van der Waals surface area contributed by atoms with Crippen LogP contribution in [0.1, 0.15) is 43.2 Å². The lowest BCUT2D eigenvalue weighted by Crippen LogP contribution is -2.24. The van der Waals surface area contributed by atoms with Crippen molar-refractivity contribution in [1.82, 2.24) is 5.32 Å². The topological polar surface area (TPSA) is 25.2 Å². The molecular weight excluding hydrogens is 234 g/mol. The second-order valence-corrected chi connectivity index (χ2v) is 4.89. The summed E-state index contributed by atoms with van der Waals surface area (Å²) in [4.78, 5) is 0. The van der Waals surface area contributed by atoms with Crippen LogP contribution in [-0.4, -0.2) is 6.54 Å². The molecule has 0 spiro atoms. The maximum absolute atomic E-state index is 5.47. The Balaban J connectivity index is 2.10. The normalized spacial score (nSPS) is 12.5. The van der Waals surface area contributed by atoms with Crippen molar-refractivity contribution in [1.29, 1.82) is 0 Å². The third-order valence-corrected chi connectivity index (χ3v) is 3.42. The predicted molar refractivity (Wildman–Crippen MR) is 79.3 cm³/mol. The first-order chi connectivity index (χ1) is 9.33. The first kappa shape index (κ1) is 13.9. The van der Waals surface area contributed by atoms with E-state index in [0.29, 0.717) is 6.04 Å². The van der Waals surface area contributed by atoms with Gasteiger partial charge in [-0.1, -0.05) is 38.1 Å². The van der Waals surface area contributed by atoms with Crippen molar-refractivity contribution in [2.45, 2.75) is 39.2 Å². The van der Waals surface area contributed by atoms with Crippen LogP contribution in [0.5, 0.6) is 0 Å². The van der Waals surface area contributed by atoms with E-state index in [9.17, 15) is 0 Å². The smallest absolute Gasteiger partial charge is 0.105 e. The number of furan rings is 1. The van der Waals surface area contributed by atoms with Gasteiger partial charge in [0.1, 0.15) is 5.76 Å². The van der Waals surface area contributed by atoms with Gasteiger partial charge in [0.25, 0.3) is 0 Å². The summed E-state index contributed by atoms with van der Waals surface area (Å²) in [6, 6.07) is 13.2. The second kappa shape index (κ2) is 7.15. The quantitative estimate of drug-likeness (QED) is 0.807. The summed E-state index contributed by atoms with van der Waals surface area (Å²) in [5, 5.41) is 3.60. The molecule has 0 amide bonds. The van der Waals surface area contributed by atoms with Gasteiger partial charge < -0.3 is 9.73 Å². The maximum atomic E-state index is 5.47. The molecule has 0 saturated carbocycles. The predicted octanol–water partition coefficient (Wildman–Crippen LogP) is 4.13. The zero-order chi connectivity index (χ0) is 13.5. The van der Waals surface area contributed by atoms with Crippen LogP contribution < -0.4 is 5.32 Å². The number of hydrogen-bond donors (Lipinski definition) is 1. The molecule has 0 aliphatic carbocycles. The largest absolute Gasteiger partial charge is 0.469 e. The van der Waals surface area contributed by atoms with Gasteiger partial charge in [-0.3, -0.25) is 0 Å². The molecule has 0 radical (unpaired) electrons. The van der Waals surface area contributed by atoms with E-state index in [1.165, 1.54) is 11.1 Å². The average Bonchev–Trinajstić information content (AvgIpc) is 2.96. The Hall–Kier alpha value is -1.54. The number of benzene rings is 1. The molecule has 19 heavy (non-hydrogen) atoms. The monoisotopic (exact) mass is 257 g/mol. The van der Waals surface area contributed by atoms with Crippen molar-refractivity contribution in [2.75, 3.05) is 6.54 Å². The maximum Gasteiger partial charge on any atom is 0.105 e. The Labute approximate surface area is 115 Å². The lowest BCUT2D eigenvalue weighted by Gasteiger charge is -2.18. The van der Waals surface area contributed by atoms with E-state index < -0.39 is 0 Å². The van der Waals surface area contributed by atoms with E-state index in [-0.39, 0.29) is 0 Å². The molecule has 1 unspecified atom stereocenters. The summed E-state index contributed by atoms with van der Waals surface area (Å²) in [6.45, 7) is 5.41. The van der Waals surface area contributed by atoms with Gasteiger partial charge >= 0.3 is 0 Å². The number of hydrogen-bond acceptors (Lipinski definition) is 2. The van der Waals surface area contributed by atoms with Crippen LogP contribution in [0.4, 0.5) is 0 Å². The molecule has 1 N–H and O–H groups in total. The molecule has 1 atom stereocenters. The SMILES string of the molecule is CCCNC(Cc1ccco1)c1ccc(CC)cc1. The van der Waals surface area contributed by atoms with E-state index >= 15 is 0 Å². The third kappa shape index (κ3) is 3.97. The molecule has 0 fully saturated rings. The molecule has 0 aliphatic heterocycles. The van der Waals surface area contributed by atoms with Gasteiger partial charge in [0.05, 0.1) is 6.26 Å². The van der Waals surface area contributed by atoms with Crippen molar-refractivity contribution in [2.24, 2.45) is 0 Å². The number of rotatable bonds is 7. The van der Waals surface area contributed by atoms with Crippen LogP contribution in [0, 0.1) is 0 Å². The highest BCUT2D eigenvalue weighted by molar-refractivity contribution is 5.26. The lowest BCUT2D eigenvalue weighted by molar-refractivity contribution is 0.449. The molecule has 2 heteroatoms. The van der Waals surface area contributed by atoms with Crippen molar-refractivity contribution in [3.8, 4) is 0 Å². The van der Waals surface area contributed by atoms with Crippen LogP contribution in [-0.2, 0) is 12.8 Å². The molecular formula is C17H23NO. The highest BCUT2D eigenvalue weighted by Gasteiger charge is 2.12. The summed E-state index contributed by atoms with van der Waals surface area (Å²) < 4.78 is 5.47. The Morgan fingerprint density at radius 1 is 1.11 bits per heavy atom. The number of aryl methyl sites for hydroxylation is 1. The molecule has 1 aromatic heterocycles. The molecule has 0 bridgehead atoms. The summed E-state index contributed by atoms with van der Waals surface area (Å²) >= 11 is 0. The van der Waals surface area contributed by atoms with Gasteiger partial charge in [-0.15, -0.1) is 0 Å². The molecule has 2 nitrogen and oxygen atoms in total. The van der Waals surface area contributed by atoms with E-state index in [0.717, 1.165) is 31.6 Å². The van der Waals surface area contributed by atoms with E-state index in [4.69, 9.17) is 4.42 Å². The van der Waals surface area contributed by atoms with Gasteiger partial charge in [-0.2, -0.15) is 0 Å². The average molecular weight is 257 g/mol. The Kier molecular flexibility index (Phi) is 5.22. The van der Waals surface area contributed by atoms with E-state index in [2.05, 4.69) is 43.4 Å². The van der Waals surface area contributed by atoms with Crippen LogP contribution in [0.3, 0.4) is 0 Å². The zero-order valence-electron chi connectivity index (χ0n) is 11.9. The van der Waals surface area contributed by atoms with Gasteiger partial charge in [-0.05, 0) is 42.6 Å². The van der Waals surface area contributed by atoms with Crippen molar-refractivity contribution in [3.63, 3.8) is 0 Å².